The summed E-state index contributed by atoms with van der Waals surface area (Å²) in [5.74, 6) is 0.0557. The predicted molar refractivity (Wildman–Crippen MR) is 75.2 cm³/mol. The Labute approximate surface area is 120 Å². The highest BCUT2D eigenvalue weighted by Gasteiger charge is 2.08. The molecule has 0 spiro atoms. The van der Waals surface area contributed by atoms with Crippen molar-refractivity contribution < 1.29 is 19.1 Å². The minimum absolute atomic E-state index is 0.185. The van der Waals surface area contributed by atoms with Crippen LogP contribution in [-0.4, -0.2) is 30.5 Å². The van der Waals surface area contributed by atoms with Gasteiger partial charge in [0, 0.05) is 12.8 Å². The average Bonchev–Trinajstić information content (AvgIpc) is 2.32. The van der Waals surface area contributed by atoms with E-state index in [1.54, 1.807) is 6.92 Å². The number of hydrogen-bond acceptors (Lipinski definition) is 4. The number of alkyl halides is 1. The molecule has 0 bridgehead atoms. The van der Waals surface area contributed by atoms with E-state index in [4.69, 9.17) is 21.1 Å². The molecule has 0 aromatic rings. The molecule has 112 valence electrons. The normalized spacial score (nSPS) is 12.3. The Morgan fingerprint density at radius 1 is 1.00 bits per heavy atom. The van der Waals surface area contributed by atoms with Gasteiger partial charge in [0.25, 0.3) is 0 Å². The van der Waals surface area contributed by atoms with E-state index >= 15 is 0 Å². The first kappa shape index (κ1) is 18.2. The molecule has 0 N–H and O–H groups in total. The van der Waals surface area contributed by atoms with E-state index in [1.807, 2.05) is 0 Å². The largest absolute Gasteiger partial charge is 0.466 e. The smallest absolute Gasteiger partial charge is 0.305 e. The Hall–Kier alpha value is -0.770. The van der Waals surface area contributed by atoms with Crippen molar-refractivity contribution in [2.75, 3.05) is 13.2 Å². The van der Waals surface area contributed by atoms with E-state index in [2.05, 4.69) is 13.8 Å². The molecule has 0 radical (unpaired) electrons. The summed E-state index contributed by atoms with van der Waals surface area (Å²) < 4.78 is 9.95. The summed E-state index contributed by atoms with van der Waals surface area (Å²) in [6, 6.07) is 0. The summed E-state index contributed by atoms with van der Waals surface area (Å²) in [6.07, 6.45) is 2.88. The van der Waals surface area contributed by atoms with Gasteiger partial charge in [-0.1, -0.05) is 13.8 Å². The van der Waals surface area contributed by atoms with Gasteiger partial charge in [-0.15, -0.1) is 11.6 Å². The number of halogens is 1. The van der Waals surface area contributed by atoms with Crippen molar-refractivity contribution in [3.63, 3.8) is 0 Å². The van der Waals surface area contributed by atoms with Gasteiger partial charge in [0.15, 0.2) is 0 Å². The van der Waals surface area contributed by atoms with E-state index in [-0.39, 0.29) is 36.8 Å². The Balaban J connectivity index is 3.45. The summed E-state index contributed by atoms with van der Waals surface area (Å²) in [7, 11) is 0. The maximum Gasteiger partial charge on any atom is 0.305 e. The van der Waals surface area contributed by atoms with Gasteiger partial charge in [0.2, 0.25) is 0 Å². The van der Waals surface area contributed by atoms with Crippen LogP contribution in [0.5, 0.6) is 0 Å². The van der Waals surface area contributed by atoms with Crippen LogP contribution in [0.3, 0.4) is 0 Å². The lowest BCUT2D eigenvalue weighted by molar-refractivity contribution is -0.145. The molecule has 0 saturated carbocycles. The maximum absolute atomic E-state index is 11.3. The minimum Gasteiger partial charge on any atom is -0.466 e. The molecule has 0 rings (SSSR count). The van der Waals surface area contributed by atoms with Crippen LogP contribution in [-0.2, 0) is 19.1 Å². The number of rotatable bonds is 10. The highest BCUT2D eigenvalue weighted by molar-refractivity contribution is 6.20. The lowest BCUT2D eigenvalue weighted by atomic mass is 10.1. The van der Waals surface area contributed by atoms with Crippen molar-refractivity contribution in [2.24, 2.45) is 5.92 Å². The van der Waals surface area contributed by atoms with E-state index in [1.165, 1.54) is 0 Å². The zero-order valence-corrected chi connectivity index (χ0v) is 12.9. The van der Waals surface area contributed by atoms with Crippen LogP contribution in [0, 0.1) is 5.92 Å². The number of ether oxygens (including phenoxy) is 2. The maximum atomic E-state index is 11.3. The first-order valence-corrected chi connectivity index (χ1v) is 7.30. The lowest BCUT2D eigenvalue weighted by Crippen LogP contribution is -2.12. The lowest BCUT2D eigenvalue weighted by Gasteiger charge is -2.07. The van der Waals surface area contributed by atoms with Crippen molar-refractivity contribution >= 4 is 23.5 Å². The molecule has 1 atom stereocenters. The molecule has 0 aromatic heterocycles. The van der Waals surface area contributed by atoms with E-state index in [0.29, 0.717) is 18.9 Å². The van der Waals surface area contributed by atoms with Gasteiger partial charge in [-0.3, -0.25) is 9.59 Å². The number of esters is 2. The molecule has 19 heavy (non-hydrogen) atoms. The van der Waals surface area contributed by atoms with Crippen molar-refractivity contribution in [1.82, 2.24) is 0 Å². The highest BCUT2D eigenvalue weighted by atomic mass is 35.5. The second kappa shape index (κ2) is 11.1. The SMILES string of the molecule is CC(C)CCCOC(=O)CCCC(=O)OCC(C)Cl. The topological polar surface area (TPSA) is 52.6 Å². The Kier molecular flexibility index (Phi) is 10.6. The molecule has 0 fully saturated rings. The van der Waals surface area contributed by atoms with Crippen molar-refractivity contribution in [3.05, 3.63) is 0 Å². The molecular weight excluding hydrogens is 268 g/mol. The zero-order valence-electron chi connectivity index (χ0n) is 12.1. The predicted octanol–water partition coefficient (Wildman–Crippen LogP) is 3.31. The van der Waals surface area contributed by atoms with E-state index < -0.39 is 0 Å². The summed E-state index contributed by atoms with van der Waals surface area (Å²) in [4.78, 5) is 22.6. The fraction of sp³-hybridized carbons (Fsp3) is 0.857. The number of hydrogen-bond donors (Lipinski definition) is 0. The van der Waals surface area contributed by atoms with Crippen LogP contribution < -0.4 is 0 Å². The standard InChI is InChI=1S/C14H25ClO4/c1-11(2)6-5-9-18-13(16)7-4-8-14(17)19-10-12(3)15/h11-12H,4-10H2,1-3H3. The molecule has 4 nitrogen and oxygen atoms in total. The summed E-state index contributed by atoms with van der Waals surface area (Å²) >= 11 is 5.65. The molecule has 0 aliphatic carbocycles. The fourth-order valence-electron chi connectivity index (χ4n) is 1.41. The second-order valence-corrected chi connectivity index (χ2v) is 5.82. The Morgan fingerprint density at radius 3 is 2.11 bits per heavy atom. The molecule has 1 unspecified atom stereocenters. The van der Waals surface area contributed by atoms with Gasteiger partial charge >= 0.3 is 11.9 Å². The third kappa shape index (κ3) is 13.5. The van der Waals surface area contributed by atoms with E-state index in [0.717, 1.165) is 12.8 Å². The van der Waals surface area contributed by atoms with Gasteiger partial charge in [-0.25, -0.2) is 0 Å². The van der Waals surface area contributed by atoms with Crippen LogP contribution in [0.4, 0.5) is 0 Å². The Morgan fingerprint density at radius 2 is 1.58 bits per heavy atom. The van der Waals surface area contributed by atoms with Crippen molar-refractivity contribution in [3.8, 4) is 0 Å². The van der Waals surface area contributed by atoms with Gasteiger partial charge in [0.1, 0.15) is 6.61 Å². The monoisotopic (exact) mass is 292 g/mol. The van der Waals surface area contributed by atoms with Gasteiger partial charge in [0.05, 0.1) is 12.0 Å². The molecule has 0 aliphatic heterocycles. The molecule has 0 amide bonds. The highest BCUT2D eigenvalue weighted by Crippen LogP contribution is 2.05. The Bertz CT molecular complexity index is 264. The third-order valence-corrected chi connectivity index (χ3v) is 2.55. The molecule has 0 aliphatic rings. The van der Waals surface area contributed by atoms with Crippen LogP contribution in [0.15, 0.2) is 0 Å². The van der Waals surface area contributed by atoms with Crippen molar-refractivity contribution in [1.29, 1.82) is 0 Å². The van der Waals surface area contributed by atoms with Crippen LogP contribution in [0.2, 0.25) is 0 Å². The third-order valence-electron chi connectivity index (χ3n) is 2.42. The molecular formula is C14H25ClO4. The van der Waals surface area contributed by atoms with Gasteiger partial charge in [-0.2, -0.15) is 0 Å². The minimum atomic E-state index is -0.319. The second-order valence-electron chi connectivity index (χ2n) is 5.07. The molecule has 0 aromatic carbocycles. The summed E-state index contributed by atoms with van der Waals surface area (Å²) in [5.41, 5.74) is 0. The quantitative estimate of drug-likeness (QED) is 0.352. The number of carbonyl (C=O) groups excluding carboxylic acids is 2. The summed E-state index contributed by atoms with van der Waals surface area (Å²) in [5, 5.41) is -0.185. The zero-order chi connectivity index (χ0) is 14.7. The molecule has 5 heteroatoms. The van der Waals surface area contributed by atoms with Gasteiger partial charge < -0.3 is 9.47 Å². The molecule has 0 heterocycles. The number of carbonyl (C=O) groups is 2. The van der Waals surface area contributed by atoms with Crippen molar-refractivity contribution in [2.45, 2.75) is 58.3 Å². The van der Waals surface area contributed by atoms with Crippen LogP contribution in [0.1, 0.15) is 52.9 Å². The fourth-order valence-corrected chi connectivity index (χ4v) is 1.47. The summed E-state index contributed by atoms with van der Waals surface area (Å²) in [6.45, 7) is 6.69. The first-order chi connectivity index (χ1) is 8.91. The average molecular weight is 293 g/mol. The van der Waals surface area contributed by atoms with Crippen LogP contribution >= 0.6 is 11.6 Å². The first-order valence-electron chi connectivity index (χ1n) is 6.87. The van der Waals surface area contributed by atoms with Crippen LogP contribution in [0.25, 0.3) is 0 Å². The van der Waals surface area contributed by atoms with Gasteiger partial charge in [-0.05, 0) is 32.1 Å². The molecule has 0 saturated heterocycles. The van der Waals surface area contributed by atoms with E-state index in [9.17, 15) is 9.59 Å².